The van der Waals surface area contributed by atoms with Crippen LogP contribution in [0.4, 0.5) is 5.69 Å². The second-order valence-electron chi connectivity index (χ2n) is 2.42. The van der Waals surface area contributed by atoms with Gasteiger partial charge in [-0.05, 0) is 5.18 Å². The van der Waals surface area contributed by atoms with Gasteiger partial charge >= 0.3 is 5.69 Å². The van der Waals surface area contributed by atoms with Gasteiger partial charge in [-0.2, -0.15) is 0 Å². The van der Waals surface area contributed by atoms with E-state index in [-0.39, 0.29) is 6.54 Å². The Kier molecular flexibility index (Phi) is 2.61. The van der Waals surface area contributed by atoms with E-state index in [1.807, 2.05) is 4.98 Å². The molecule has 0 fully saturated rings. The monoisotopic (exact) mass is 197 g/mol. The number of hydrogen-bond donors (Lipinski definition) is 2. The van der Waals surface area contributed by atoms with E-state index in [0.29, 0.717) is 0 Å². The number of nitrogens with one attached hydrogen (secondary N) is 1. The minimum absolute atomic E-state index is 0.0238. The lowest BCUT2D eigenvalue weighted by Crippen LogP contribution is -2.29. The van der Waals surface area contributed by atoms with Gasteiger partial charge < -0.3 is 5.11 Å². The lowest BCUT2D eigenvalue weighted by atomic mass is 10.5. The van der Waals surface area contributed by atoms with Gasteiger partial charge in [0.2, 0.25) is 11.6 Å². The molecule has 0 aromatic carbocycles. The van der Waals surface area contributed by atoms with Crippen LogP contribution in [0.25, 0.3) is 0 Å². The van der Waals surface area contributed by atoms with Gasteiger partial charge in [0.1, 0.15) is 0 Å². The number of aromatic hydroxyl groups is 1. The summed E-state index contributed by atoms with van der Waals surface area (Å²) < 4.78 is 0.769. The van der Waals surface area contributed by atoms with Crippen LogP contribution in [0.3, 0.4) is 0 Å². The van der Waals surface area contributed by atoms with Crippen LogP contribution in [0, 0.1) is 4.91 Å². The lowest BCUT2D eigenvalue weighted by Gasteiger charge is -2.04. The fourth-order valence-corrected chi connectivity index (χ4v) is 0.930. The number of allylic oxidation sites excluding steroid dienone is 1. The van der Waals surface area contributed by atoms with Gasteiger partial charge in [0.25, 0.3) is 5.56 Å². The fourth-order valence-electron chi connectivity index (χ4n) is 0.930. The first kappa shape index (κ1) is 9.90. The second-order valence-corrected chi connectivity index (χ2v) is 2.42. The standard InChI is InChI=1S/C7H7N3O4/c1-2-3-10-6(12)4(9-14)5(11)8-7(10)13/h2,12H,1,3H2,(H,8,11,13). The molecule has 0 saturated carbocycles. The van der Waals surface area contributed by atoms with Crippen LogP contribution in [0.5, 0.6) is 5.88 Å². The Hall–Kier alpha value is -2.18. The summed E-state index contributed by atoms with van der Waals surface area (Å²) in [7, 11) is 0. The molecule has 0 aliphatic rings. The highest BCUT2D eigenvalue weighted by molar-refractivity contribution is 5.43. The second kappa shape index (κ2) is 3.69. The van der Waals surface area contributed by atoms with Gasteiger partial charge in [0, 0.05) is 6.54 Å². The molecule has 0 spiro atoms. The van der Waals surface area contributed by atoms with Gasteiger partial charge in [-0.3, -0.25) is 14.3 Å². The molecule has 7 heteroatoms. The first-order valence-electron chi connectivity index (χ1n) is 3.62. The van der Waals surface area contributed by atoms with Crippen LogP contribution in [-0.2, 0) is 6.54 Å². The molecular formula is C7H7N3O4. The maximum absolute atomic E-state index is 11.1. The minimum Gasteiger partial charge on any atom is -0.493 e. The number of hydrogen-bond acceptors (Lipinski definition) is 5. The van der Waals surface area contributed by atoms with Crippen LogP contribution in [0.15, 0.2) is 27.4 Å². The minimum atomic E-state index is -1.01. The van der Waals surface area contributed by atoms with Gasteiger partial charge in [-0.15, -0.1) is 11.5 Å². The summed E-state index contributed by atoms with van der Waals surface area (Å²) in [6.45, 7) is 3.32. The van der Waals surface area contributed by atoms with Crippen LogP contribution in [-0.4, -0.2) is 14.7 Å². The van der Waals surface area contributed by atoms with E-state index in [1.54, 1.807) is 0 Å². The van der Waals surface area contributed by atoms with Gasteiger partial charge in [-0.25, -0.2) is 4.79 Å². The molecule has 1 heterocycles. The summed E-state index contributed by atoms with van der Waals surface area (Å²) in [4.78, 5) is 34.0. The predicted octanol–water partition coefficient (Wildman–Crippen LogP) is -0.174. The highest BCUT2D eigenvalue weighted by Crippen LogP contribution is 2.17. The summed E-state index contributed by atoms with van der Waals surface area (Å²) in [6, 6.07) is 0. The average molecular weight is 197 g/mol. The molecule has 0 saturated heterocycles. The predicted molar refractivity (Wildman–Crippen MR) is 48.6 cm³/mol. The molecule has 0 aliphatic carbocycles. The molecule has 0 atom stereocenters. The highest BCUT2D eigenvalue weighted by Gasteiger charge is 2.13. The molecular weight excluding hydrogens is 190 g/mol. The highest BCUT2D eigenvalue weighted by atomic mass is 16.3. The van der Waals surface area contributed by atoms with Crippen molar-refractivity contribution in [2.45, 2.75) is 6.54 Å². The normalized spacial score (nSPS) is 9.71. The average Bonchev–Trinajstić information content (AvgIpc) is 2.12. The Morgan fingerprint density at radius 1 is 1.57 bits per heavy atom. The van der Waals surface area contributed by atoms with Crippen molar-refractivity contribution < 1.29 is 5.11 Å². The van der Waals surface area contributed by atoms with Crippen LogP contribution in [0.2, 0.25) is 0 Å². The molecule has 0 radical (unpaired) electrons. The van der Waals surface area contributed by atoms with Crippen molar-refractivity contribution >= 4 is 5.69 Å². The van der Waals surface area contributed by atoms with Crippen molar-refractivity contribution in [3.8, 4) is 5.88 Å². The molecule has 1 aromatic heterocycles. The van der Waals surface area contributed by atoms with E-state index in [9.17, 15) is 19.6 Å². The summed E-state index contributed by atoms with van der Waals surface area (Å²) in [5, 5.41) is 11.6. The van der Waals surface area contributed by atoms with Crippen molar-refractivity contribution in [3.05, 3.63) is 38.4 Å². The zero-order valence-corrected chi connectivity index (χ0v) is 7.06. The molecule has 0 aliphatic heterocycles. The molecule has 0 amide bonds. The third-order valence-electron chi connectivity index (χ3n) is 1.55. The van der Waals surface area contributed by atoms with E-state index in [4.69, 9.17) is 0 Å². The molecule has 0 unspecified atom stereocenters. The van der Waals surface area contributed by atoms with Crippen molar-refractivity contribution in [2.75, 3.05) is 0 Å². The molecule has 1 aromatic rings. The lowest BCUT2D eigenvalue weighted by molar-refractivity contribution is 0.413. The Morgan fingerprint density at radius 3 is 2.71 bits per heavy atom. The Bertz CT molecular complexity index is 485. The first-order chi connectivity index (χ1) is 6.61. The van der Waals surface area contributed by atoms with Crippen LogP contribution in [0.1, 0.15) is 0 Å². The third-order valence-corrected chi connectivity index (χ3v) is 1.55. The van der Waals surface area contributed by atoms with Gasteiger partial charge in [-0.1, -0.05) is 6.08 Å². The molecule has 7 nitrogen and oxygen atoms in total. The Labute approximate surface area is 77.3 Å². The summed E-state index contributed by atoms with van der Waals surface area (Å²) >= 11 is 0. The maximum atomic E-state index is 11.1. The number of nitrogens with zero attached hydrogens (tertiary/aromatic N) is 2. The van der Waals surface area contributed by atoms with Crippen molar-refractivity contribution in [2.24, 2.45) is 5.18 Å². The number of aromatic amines is 1. The molecule has 2 N–H and O–H groups in total. The fraction of sp³-hybridized carbons (Fsp3) is 0.143. The smallest absolute Gasteiger partial charge is 0.331 e. The molecule has 74 valence electrons. The summed E-state index contributed by atoms with van der Waals surface area (Å²) in [5.74, 6) is -0.756. The van der Waals surface area contributed by atoms with E-state index < -0.39 is 22.8 Å². The van der Waals surface area contributed by atoms with E-state index in [1.165, 1.54) is 6.08 Å². The SMILES string of the molecule is C=CCn1c(O)c(N=O)c(=O)[nH]c1=O. The van der Waals surface area contributed by atoms with Crippen molar-refractivity contribution in [1.82, 2.24) is 9.55 Å². The summed E-state index contributed by atoms with van der Waals surface area (Å²) in [5.41, 5.74) is -2.55. The Morgan fingerprint density at radius 2 is 2.21 bits per heavy atom. The van der Waals surface area contributed by atoms with Crippen LogP contribution >= 0.6 is 0 Å². The Balaban J connectivity index is 3.59. The van der Waals surface area contributed by atoms with E-state index in [0.717, 1.165) is 4.57 Å². The van der Waals surface area contributed by atoms with Gasteiger partial charge in [0.05, 0.1) is 0 Å². The topological polar surface area (TPSA) is 105 Å². The largest absolute Gasteiger partial charge is 0.493 e. The first-order valence-corrected chi connectivity index (χ1v) is 3.62. The van der Waals surface area contributed by atoms with E-state index in [2.05, 4.69) is 11.8 Å². The number of H-pyrrole nitrogens is 1. The summed E-state index contributed by atoms with van der Waals surface area (Å²) in [6.07, 6.45) is 1.33. The number of rotatable bonds is 3. The zero-order chi connectivity index (χ0) is 10.7. The number of nitroso groups, excluding NO2 is 1. The van der Waals surface area contributed by atoms with Crippen LogP contribution < -0.4 is 11.2 Å². The van der Waals surface area contributed by atoms with E-state index >= 15 is 0 Å². The number of aromatic nitrogens is 2. The quantitative estimate of drug-likeness (QED) is 0.518. The van der Waals surface area contributed by atoms with Gasteiger partial charge in [0.15, 0.2) is 0 Å². The molecule has 14 heavy (non-hydrogen) atoms. The molecule has 0 bridgehead atoms. The molecule has 1 rings (SSSR count). The maximum Gasteiger partial charge on any atom is 0.331 e. The third kappa shape index (κ3) is 1.47. The van der Waals surface area contributed by atoms with Crippen molar-refractivity contribution in [3.63, 3.8) is 0 Å². The zero-order valence-electron chi connectivity index (χ0n) is 7.06. The van der Waals surface area contributed by atoms with Crippen molar-refractivity contribution in [1.29, 1.82) is 0 Å².